The Bertz CT molecular complexity index is 865. The monoisotopic (exact) mass is 283 g/mol. The second-order valence-corrected chi connectivity index (χ2v) is 5.38. The Morgan fingerprint density at radius 3 is 3.10 bits per heavy atom. The van der Waals surface area contributed by atoms with Crippen molar-refractivity contribution in [3.8, 4) is 5.75 Å². The van der Waals surface area contributed by atoms with Gasteiger partial charge in [0, 0.05) is 11.8 Å². The second kappa shape index (κ2) is 4.18. The third-order valence-corrected chi connectivity index (χ3v) is 4.10. The van der Waals surface area contributed by atoms with Crippen LogP contribution in [0.5, 0.6) is 5.75 Å². The highest BCUT2D eigenvalue weighted by atomic mass is 32.1. The maximum Gasteiger partial charge on any atom is 0.180 e. The van der Waals surface area contributed by atoms with Crippen LogP contribution in [-0.2, 0) is 0 Å². The topological polar surface area (TPSA) is 42.8 Å². The van der Waals surface area contributed by atoms with Crippen LogP contribution in [0.15, 0.2) is 36.5 Å². The van der Waals surface area contributed by atoms with Gasteiger partial charge in [-0.25, -0.2) is 4.98 Å². The van der Waals surface area contributed by atoms with Gasteiger partial charge in [-0.2, -0.15) is 0 Å². The Balaban J connectivity index is 1.99. The van der Waals surface area contributed by atoms with Crippen LogP contribution in [0.2, 0.25) is 0 Å². The maximum atomic E-state index is 5.76. The predicted molar refractivity (Wildman–Crippen MR) is 79.7 cm³/mol. The molecule has 0 spiro atoms. The molecule has 4 rings (SSSR count). The van der Waals surface area contributed by atoms with Crippen molar-refractivity contribution < 1.29 is 4.74 Å². The Hall–Kier alpha value is -2.14. The number of aromatic nitrogens is 3. The maximum absolute atomic E-state index is 5.76. The number of hydrogen-bond donors (Lipinski definition) is 1. The van der Waals surface area contributed by atoms with Gasteiger partial charge >= 0.3 is 0 Å². The number of hydrogen-bond acceptors (Lipinski definition) is 3. The molecule has 1 N–H and O–H groups in total. The number of imidazole rings is 1. The fourth-order valence-corrected chi connectivity index (χ4v) is 3.11. The van der Waals surface area contributed by atoms with Crippen molar-refractivity contribution in [2.45, 2.75) is 13.0 Å². The molecule has 0 bridgehead atoms. The van der Waals surface area contributed by atoms with Crippen LogP contribution in [0.1, 0.15) is 17.2 Å². The van der Waals surface area contributed by atoms with Gasteiger partial charge < -0.3 is 9.72 Å². The number of rotatable bonds is 1. The number of aromatic amines is 1. The predicted octanol–water partition coefficient (Wildman–Crippen LogP) is 3.38. The summed E-state index contributed by atoms with van der Waals surface area (Å²) in [4.78, 5) is 7.75. The fraction of sp³-hybridized carbons (Fsp3) is 0.200. The summed E-state index contributed by atoms with van der Waals surface area (Å²) in [5, 5.41) is 0. The minimum Gasteiger partial charge on any atom is -0.491 e. The van der Waals surface area contributed by atoms with Crippen LogP contribution in [0.4, 0.5) is 0 Å². The lowest BCUT2D eigenvalue weighted by Gasteiger charge is -2.11. The van der Waals surface area contributed by atoms with E-state index in [1.54, 1.807) is 0 Å². The number of H-pyrrole nitrogens is 1. The van der Waals surface area contributed by atoms with E-state index in [-0.39, 0.29) is 6.04 Å². The van der Waals surface area contributed by atoms with E-state index in [1.165, 1.54) is 0 Å². The Morgan fingerprint density at radius 2 is 2.20 bits per heavy atom. The first kappa shape index (κ1) is 11.7. The van der Waals surface area contributed by atoms with Crippen LogP contribution in [0.25, 0.3) is 11.2 Å². The molecule has 0 fully saturated rings. The standard InChI is InChI=1S/C15H13N3OS/c1-9-6-7-16-14-13(9)17-15(20)18(14)11-8-19-12-5-3-2-4-10(11)12/h2-7,11H,8H2,1H3,(H,17,20). The summed E-state index contributed by atoms with van der Waals surface area (Å²) in [7, 11) is 0. The molecule has 3 heterocycles. The Morgan fingerprint density at radius 1 is 1.35 bits per heavy atom. The number of aryl methyl sites for hydroxylation is 1. The molecule has 5 heteroatoms. The SMILES string of the molecule is Cc1ccnc2c1[nH]c(=S)n2C1COc2ccccc21. The molecule has 0 saturated heterocycles. The van der Waals surface area contributed by atoms with Crippen molar-refractivity contribution in [2.75, 3.05) is 6.61 Å². The van der Waals surface area contributed by atoms with Gasteiger partial charge in [0.05, 0.1) is 5.52 Å². The molecule has 1 atom stereocenters. The van der Waals surface area contributed by atoms with Gasteiger partial charge in [0.25, 0.3) is 0 Å². The molecule has 0 amide bonds. The smallest absolute Gasteiger partial charge is 0.180 e. The minimum atomic E-state index is 0.0850. The number of para-hydroxylation sites is 1. The lowest BCUT2D eigenvalue weighted by atomic mass is 10.1. The lowest BCUT2D eigenvalue weighted by Crippen LogP contribution is -2.12. The van der Waals surface area contributed by atoms with Crippen molar-refractivity contribution in [3.63, 3.8) is 0 Å². The van der Waals surface area contributed by atoms with E-state index in [9.17, 15) is 0 Å². The zero-order chi connectivity index (χ0) is 13.7. The highest BCUT2D eigenvalue weighted by Gasteiger charge is 2.27. The molecule has 0 radical (unpaired) electrons. The lowest BCUT2D eigenvalue weighted by molar-refractivity contribution is 0.317. The van der Waals surface area contributed by atoms with Gasteiger partial charge in [-0.15, -0.1) is 0 Å². The highest BCUT2D eigenvalue weighted by Crippen LogP contribution is 2.36. The molecule has 1 aromatic carbocycles. The summed E-state index contributed by atoms with van der Waals surface area (Å²) >= 11 is 5.49. The zero-order valence-corrected chi connectivity index (χ0v) is 11.8. The van der Waals surface area contributed by atoms with E-state index in [4.69, 9.17) is 17.0 Å². The van der Waals surface area contributed by atoms with E-state index in [0.29, 0.717) is 11.4 Å². The van der Waals surface area contributed by atoms with E-state index in [2.05, 4.69) is 27.5 Å². The number of ether oxygens (including phenoxy) is 1. The third kappa shape index (κ3) is 1.53. The first-order valence-electron chi connectivity index (χ1n) is 6.53. The van der Waals surface area contributed by atoms with Gasteiger partial charge in [-0.1, -0.05) is 18.2 Å². The van der Waals surface area contributed by atoms with Gasteiger partial charge in [0.15, 0.2) is 10.4 Å². The molecule has 1 unspecified atom stereocenters. The van der Waals surface area contributed by atoms with Crippen LogP contribution in [0, 0.1) is 11.7 Å². The van der Waals surface area contributed by atoms with Gasteiger partial charge in [-0.3, -0.25) is 4.57 Å². The zero-order valence-electron chi connectivity index (χ0n) is 11.0. The molecule has 4 nitrogen and oxygen atoms in total. The van der Waals surface area contributed by atoms with E-state index in [0.717, 1.165) is 28.0 Å². The van der Waals surface area contributed by atoms with E-state index >= 15 is 0 Å². The third-order valence-electron chi connectivity index (χ3n) is 3.80. The molecular weight excluding hydrogens is 270 g/mol. The molecule has 2 aromatic heterocycles. The summed E-state index contributed by atoms with van der Waals surface area (Å²) in [5.41, 5.74) is 4.20. The molecule has 100 valence electrons. The summed E-state index contributed by atoms with van der Waals surface area (Å²) < 4.78 is 8.51. The first-order chi connectivity index (χ1) is 9.75. The molecule has 0 aliphatic carbocycles. The van der Waals surface area contributed by atoms with E-state index < -0.39 is 0 Å². The van der Waals surface area contributed by atoms with Crippen LogP contribution in [-0.4, -0.2) is 21.1 Å². The second-order valence-electron chi connectivity index (χ2n) is 4.99. The van der Waals surface area contributed by atoms with Gasteiger partial charge in [0.2, 0.25) is 0 Å². The Labute approximate surface area is 121 Å². The molecular formula is C15H13N3OS. The molecule has 1 aliphatic rings. The quantitative estimate of drug-likeness (QED) is 0.696. The summed E-state index contributed by atoms with van der Waals surface area (Å²) in [6.45, 7) is 2.65. The first-order valence-corrected chi connectivity index (χ1v) is 6.94. The summed E-state index contributed by atoms with van der Waals surface area (Å²) in [6, 6.07) is 10.2. The van der Waals surface area contributed by atoms with Gasteiger partial charge in [0.1, 0.15) is 18.4 Å². The van der Waals surface area contributed by atoms with Crippen molar-refractivity contribution in [1.29, 1.82) is 0 Å². The summed E-state index contributed by atoms with van der Waals surface area (Å²) in [6.07, 6.45) is 1.82. The normalized spacial score (nSPS) is 17.1. The van der Waals surface area contributed by atoms with Crippen LogP contribution < -0.4 is 4.74 Å². The number of fused-ring (bicyclic) bond motifs is 2. The van der Waals surface area contributed by atoms with Crippen molar-refractivity contribution in [3.05, 3.63) is 52.4 Å². The molecule has 20 heavy (non-hydrogen) atoms. The molecule has 0 saturated carbocycles. The van der Waals surface area contributed by atoms with E-state index in [1.807, 2.05) is 30.5 Å². The van der Waals surface area contributed by atoms with Crippen LogP contribution >= 0.6 is 12.2 Å². The Kier molecular flexibility index (Phi) is 2.44. The number of benzene rings is 1. The highest BCUT2D eigenvalue weighted by molar-refractivity contribution is 7.71. The number of nitrogens with one attached hydrogen (secondary N) is 1. The molecule has 3 aromatic rings. The molecule has 1 aliphatic heterocycles. The number of pyridine rings is 1. The average Bonchev–Trinajstić information content (AvgIpc) is 3.00. The fourth-order valence-electron chi connectivity index (χ4n) is 2.79. The van der Waals surface area contributed by atoms with Crippen LogP contribution in [0.3, 0.4) is 0 Å². The van der Waals surface area contributed by atoms with Gasteiger partial charge in [-0.05, 0) is 36.8 Å². The van der Waals surface area contributed by atoms with Crippen molar-refractivity contribution in [1.82, 2.24) is 14.5 Å². The number of nitrogens with zero attached hydrogens (tertiary/aromatic N) is 2. The van der Waals surface area contributed by atoms with Crippen molar-refractivity contribution >= 4 is 23.4 Å². The summed E-state index contributed by atoms with van der Waals surface area (Å²) in [5.74, 6) is 0.932. The van der Waals surface area contributed by atoms with Crippen molar-refractivity contribution in [2.24, 2.45) is 0 Å². The minimum absolute atomic E-state index is 0.0850. The largest absolute Gasteiger partial charge is 0.491 e. The average molecular weight is 283 g/mol.